The quantitative estimate of drug-likeness (QED) is 0.451. The van der Waals surface area contributed by atoms with E-state index in [0.29, 0.717) is 22.6 Å². The molecule has 0 spiro atoms. The van der Waals surface area contributed by atoms with Gasteiger partial charge >= 0.3 is 6.01 Å². The van der Waals surface area contributed by atoms with Gasteiger partial charge in [0.05, 0.1) is 0 Å². The first-order valence-electron chi connectivity index (χ1n) is 8.43. The largest absolute Gasteiger partial charge is 0.452 e. The van der Waals surface area contributed by atoms with Crippen LogP contribution in [0.15, 0.2) is 53.1 Å². The van der Waals surface area contributed by atoms with E-state index in [-0.39, 0.29) is 19.3 Å². The van der Waals surface area contributed by atoms with Crippen LogP contribution in [0.2, 0.25) is 5.02 Å². The molecule has 0 unspecified atom stereocenters. The topological polar surface area (TPSA) is 78.9 Å². The Bertz CT molecular complexity index is 1110. The van der Waals surface area contributed by atoms with E-state index in [1.54, 1.807) is 48.9 Å². The summed E-state index contributed by atoms with van der Waals surface area (Å²) in [7, 11) is 1.76. The van der Waals surface area contributed by atoms with Gasteiger partial charge in [-0.1, -0.05) is 35.3 Å². The molecule has 0 amide bonds. The minimum absolute atomic E-state index is 0. The summed E-state index contributed by atoms with van der Waals surface area (Å²) in [6.07, 6.45) is -0.527. The Morgan fingerprint density at radius 2 is 1.86 bits per heavy atom. The molecule has 150 valence electrons. The fourth-order valence-corrected chi connectivity index (χ4v) is 2.81. The van der Waals surface area contributed by atoms with E-state index in [9.17, 15) is 4.39 Å². The molecule has 4 rings (SSSR count). The molecule has 0 radical (unpaired) electrons. The highest BCUT2D eigenvalue weighted by atomic mass is 35.5. The van der Waals surface area contributed by atoms with Gasteiger partial charge in [-0.25, -0.2) is 4.39 Å². The molecule has 0 saturated heterocycles. The number of nitrogens with zero attached hydrogens (tertiary/aromatic N) is 5. The van der Waals surface area contributed by atoms with Crippen LogP contribution < -0.4 is 4.74 Å². The zero-order chi connectivity index (χ0) is 19.7. The first-order chi connectivity index (χ1) is 13.5. The highest BCUT2D eigenvalue weighted by Crippen LogP contribution is 2.26. The molecular weight excluding hydrogens is 397 g/mol. The zero-order valence-corrected chi connectivity index (χ0v) is 15.8. The summed E-state index contributed by atoms with van der Waals surface area (Å²) in [5.74, 6) is 0.942. The van der Waals surface area contributed by atoms with Crippen molar-refractivity contribution in [3.63, 3.8) is 0 Å². The molecule has 7 nitrogen and oxygen atoms in total. The number of ether oxygens (including phenoxy) is 1. The van der Waals surface area contributed by atoms with Crippen LogP contribution in [0, 0.1) is 5.82 Å². The smallest absolute Gasteiger partial charge is 0.317 e. The van der Waals surface area contributed by atoms with Gasteiger partial charge in [0.25, 0.3) is 5.89 Å². The van der Waals surface area contributed by atoms with Crippen molar-refractivity contribution in [2.24, 2.45) is 7.05 Å². The molecule has 0 aliphatic carbocycles. The molecule has 1 atom stereocenters. The average Bonchev–Trinajstić information content (AvgIpc) is 3.31. The lowest BCUT2D eigenvalue weighted by Gasteiger charge is -2.10. The van der Waals surface area contributed by atoms with Crippen LogP contribution in [-0.4, -0.2) is 24.9 Å². The Kier molecular flexibility index (Phi) is 5.93. The van der Waals surface area contributed by atoms with Gasteiger partial charge in [-0.3, -0.25) is 4.57 Å². The van der Waals surface area contributed by atoms with E-state index in [0.717, 1.165) is 11.1 Å². The van der Waals surface area contributed by atoms with Gasteiger partial charge < -0.3 is 9.26 Å². The van der Waals surface area contributed by atoms with Crippen molar-refractivity contribution in [2.75, 3.05) is 0 Å². The molecular formula is C20H19ClFN5O2. The summed E-state index contributed by atoms with van der Waals surface area (Å²) in [5, 5.41) is 12.7. The van der Waals surface area contributed by atoms with Crippen molar-refractivity contribution in [3.05, 3.63) is 65.2 Å². The van der Waals surface area contributed by atoms with E-state index < -0.39 is 6.10 Å². The second-order valence-corrected chi connectivity index (χ2v) is 6.54. The molecule has 0 N–H and O–H groups in total. The highest BCUT2D eigenvalue weighted by molar-refractivity contribution is 6.30. The van der Waals surface area contributed by atoms with E-state index >= 15 is 0 Å². The van der Waals surface area contributed by atoms with E-state index in [1.807, 2.05) is 6.07 Å². The number of aromatic nitrogens is 5. The second-order valence-electron chi connectivity index (χ2n) is 6.10. The monoisotopic (exact) mass is 415 g/mol. The lowest BCUT2D eigenvalue weighted by molar-refractivity contribution is 0.186. The third kappa shape index (κ3) is 4.27. The summed E-state index contributed by atoms with van der Waals surface area (Å²) in [6, 6.07) is 13.4. The minimum atomic E-state index is -0.527. The minimum Gasteiger partial charge on any atom is -0.452 e. The van der Waals surface area contributed by atoms with Gasteiger partial charge in [0, 0.05) is 23.2 Å². The van der Waals surface area contributed by atoms with Crippen molar-refractivity contribution < 1.29 is 13.7 Å². The normalized spacial score (nSPS) is 11.7. The molecule has 0 saturated carbocycles. The Morgan fingerprint density at radius 3 is 2.59 bits per heavy atom. The zero-order valence-electron chi connectivity index (χ0n) is 15.0. The molecule has 0 fully saturated rings. The maximum Gasteiger partial charge on any atom is 0.317 e. The van der Waals surface area contributed by atoms with Crippen LogP contribution in [0.1, 0.15) is 26.3 Å². The van der Waals surface area contributed by atoms with Crippen molar-refractivity contribution in [1.82, 2.24) is 24.9 Å². The maximum atomic E-state index is 13.1. The fraction of sp³-hybridized carbons (Fsp3) is 0.200. The van der Waals surface area contributed by atoms with E-state index in [2.05, 4.69) is 20.3 Å². The standard InChI is InChI=1S/C19H15ClFN5O2.CH4/c1-11(16-22-18(28-25-16)13-4-3-5-14(20)10-13)27-19-24-23-17(26(19)2)12-6-8-15(21)9-7-12;/h3-11H,1-2H3;1H4/t11-;/m1./s1. The summed E-state index contributed by atoms with van der Waals surface area (Å²) in [5.41, 5.74) is 1.44. The van der Waals surface area contributed by atoms with Crippen molar-refractivity contribution in [3.8, 4) is 28.9 Å². The first-order valence-corrected chi connectivity index (χ1v) is 8.80. The second kappa shape index (κ2) is 8.40. The molecule has 0 aliphatic heterocycles. The summed E-state index contributed by atoms with van der Waals surface area (Å²) in [4.78, 5) is 4.36. The van der Waals surface area contributed by atoms with Gasteiger partial charge in [-0.15, -0.1) is 5.10 Å². The van der Waals surface area contributed by atoms with Crippen LogP contribution in [0.25, 0.3) is 22.8 Å². The number of hydrogen-bond donors (Lipinski definition) is 0. The average molecular weight is 416 g/mol. The third-order valence-corrected chi connectivity index (χ3v) is 4.33. The molecule has 0 aliphatic rings. The molecule has 4 aromatic rings. The number of benzene rings is 2. The number of hydrogen-bond acceptors (Lipinski definition) is 6. The van der Waals surface area contributed by atoms with Gasteiger partial charge in [0.2, 0.25) is 5.82 Å². The highest BCUT2D eigenvalue weighted by Gasteiger charge is 2.20. The van der Waals surface area contributed by atoms with Gasteiger partial charge in [-0.2, -0.15) is 4.98 Å². The van der Waals surface area contributed by atoms with Gasteiger partial charge in [-0.05, 0) is 49.4 Å². The van der Waals surface area contributed by atoms with Crippen LogP contribution in [0.4, 0.5) is 4.39 Å². The van der Waals surface area contributed by atoms with Crippen LogP contribution >= 0.6 is 11.6 Å². The molecule has 2 heterocycles. The fourth-order valence-electron chi connectivity index (χ4n) is 2.62. The Hall–Kier alpha value is -3.26. The maximum absolute atomic E-state index is 13.1. The molecule has 2 aromatic heterocycles. The molecule has 9 heteroatoms. The van der Waals surface area contributed by atoms with Gasteiger partial charge in [0.1, 0.15) is 5.82 Å². The van der Waals surface area contributed by atoms with Crippen molar-refractivity contribution in [2.45, 2.75) is 20.5 Å². The number of halogens is 2. The van der Waals surface area contributed by atoms with Crippen molar-refractivity contribution in [1.29, 1.82) is 0 Å². The van der Waals surface area contributed by atoms with Gasteiger partial charge in [0.15, 0.2) is 11.9 Å². The Labute approximate surface area is 172 Å². The SMILES string of the molecule is C.C[C@@H](Oc1nnc(-c2ccc(F)cc2)n1C)c1noc(-c2cccc(Cl)c2)n1. The van der Waals surface area contributed by atoms with E-state index in [4.69, 9.17) is 20.9 Å². The summed E-state index contributed by atoms with van der Waals surface area (Å²) < 4.78 is 25.9. The molecule has 29 heavy (non-hydrogen) atoms. The Balaban J connectivity index is 0.00000240. The van der Waals surface area contributed by atoms with Crippen LogP contribution in [0.3, 0.4) is 0 Å². The molecule has 0 bridgehead atoms. The number of rotatable bonds is 5. The Morgan fingerprint density at radius 1 is 1.10 bits per heavy atom. The lowest BCUT2D eigenvalue weighted by atomic mass is 10.2. The first kappa shape index (κ1) is 20.5. The summed E-state index contributed by atoms with van der Waals surface area (Å²) >= 11 is 6.00. The predicted molar refractivity (Wildman–Crippen MR) is 107 cm³/mol. The van der Waals surface area contributed by atoms with E-state index in [1.165, 1.54) is 12.1 Å². The van der Waals surface area contributed by atoms with Crippen LogP contribution in [0.5, 0.6) is 6.01 Å². The predicted octanol–water partition coefficient (Wildman–Crippen LogP) is 5.10. The van der Waals surface area contributed by atoms with Crippen molar-refractivity contribution >= 4 is 11.6 Å². The van der Waals surface area contributed by atoms with Crippen LogP contribution in [-0.2, 0) is 7.05 Å². The molecule has 2 aromatic carbocycles. The lowest BCUT2D eigenvalue weighted by Crippen LogP contribution is -2.08. The third-order valence-electron chi connectivity index (χ3n) is 4.10. The summed E-state index contributed by atoms with van der Waals surface area (Å²) in [6.45, 7) is 1.78.